The summed E-state index contributed by atoms with van der Waals surface area (Å²) in [5.74, 6) is 0.923. The van der Waals surface area contributed by atoms with Crippen LogP contribution in [0.15, 0.2) is 27.4 Å². The molecule has 1 saturated heterocycles. The van der Waals surface area contributed by atoms with Crippen molar-refractivity contribution in [1.29, 1.82) is 0 Å². The van der Waals surface area contributed by atoms with Crippen LogP contribution in [0.1, 0.15) is 11.7 Å². The Morgan fingerprint density at radius 1 is 0.824 bits per heavy atom. The zero-order chi connectivity index (χ0) is 24.7. The van der Waals surface area contributed by atoms with E-state index in [9.17, 15) is 25.2 Å². The molecular formula is C23H26O11. The minimum atomic E-state index is -1.64. The van der Waals surface area contributed by atoms with Crippen molar-refractivity contribution >= 4 is 21.9 Å². The van der Waals surface area contributed by atoms with Gasteiger partial charge in [-0.3, -0.25) is 4.79 Å². The first-order valence-electron chi connectivity index (χ1n) is 10.4. The summed E-state index contributed by atoms with van der Waals surface area (Å²) in [7, 11) is 5.62. The molecule has 0 spiro atoms. The second-order valence-electron chi connectivity index (χ2n) is 7.78. The Morgan fingerprint density at radius 3 is 2.03 bits per heavy atom. The van der Waals surface area contributed by atoms with Crippen molar-refractivity contribution < 1.29 is 48.5 Å². The maximum absolute atomic E-state index is 13.6. The SMILES string of the molecule is COc1cc2oc3c([C@@H]4O[C@H](CO)[C@@H](O)[C@H](O)[C@H]4O)c(OC)cc(OC)c3c(=O)c2cc1OC. The second kappa shape index (κ2) is 9.28. The maximum atomic E-state index is 13.6. The van der Waals surface area contributed by atoms with Crippen LogP contribution in [-0.2, 0) is 4.74 Å². The molecule has 0 saturated carbocycles. The molecule has 0 aliphatic carbocycles. The van der Waals surface area contributed by atoms with Crippen molar-refractivity contribution in [1.82, 2.24) is 0 Å². The lowest BCUT2D eigenvalue weighted by Gasteiger charge is -2.40. The summed E-state index contributed by atoms with van der Waals surface area (Å²) in [5, 5.41) is 41.1. The summed E-state index contributed by atoms with van der Waals surface area (Å²) >= 11 is 0. The van der Waals surface area contributed by atoms with Gasteiger partial charge in [0.1, 0.15) is 53.0 Å². The van der Waals surface area contributed by atoms with E-state index in [-0.39, 0.29) is 39.0 Å². The number of hydrogen-bond donors (Lipinski definition) is 4. The largest absolute Gasteiger partial charge is 0.496 e. The second-order valence-corrected chi connectivity index (χ2v) is 7.78. The third-order valence-electron chi connectivity index (χ3n) is 6.03. The van der Waals surface area contributed by atoms with Gasteiger partial charge in [-0.2, -0.15) is 0 Å². The molecule has 34 heavy (non-hydrogen) atoms. The van der Waals surface area contributed by atoms with Crippen LogP contribution in [0.2, 0.25) is 0 Å². The highest BCUT2D eigenvalue weighted by Crippen LogP contribution is 2.45. The van der Waals surface area contributed by atoms with Crippen LogP contribution in [0.25, 0.3) is 21.9 Å². The lowest BCUT2D eigenvalue weighted by Crippen LogP contribution is -2.55. The summed E-state index contributed by atoms with van der Waals surface area (Å²) in [5.41, 5.74) is -0.229. The highest BCUT2D eigenvalue weighted by molar-refractivity contribution is 5.97. The van der Waals surface area contributed by atoms with Gasteiger partial charge in [-0.1, -0.05) is 0 Å². The summed E-state index contributed by atoms with van der Waals surface area (Å²) in [4.78, 5) is 13.6. The fraction of sp³-hybridized carbons (Fsp3) is 0.435. The molecular weight excluding hydrogens is 452 g/mol. The number of fused-ring (bicyclic) bond motifs is 2. The third-order valence-corrected chi connectivity index (χ3v) is 6.03. The van der Waals surface area contributed by atoms with E-state index in [0.717, 1.165) is 0 Å². The van der Waals surface area contributed by atoms with Crippen LogP contribution in [-0.4, -0.2) is 79.9 Å². The molecule has 184 valence electrons. The van der Waals surface area contributed by atoms with Crippen molar-refractivity contribution in [3.8, 4) is 23.0 Å². The molecule has 11 nitrogen and oxygen atoms in total. The molecule has 1 aliphatic rings. The van der Waals surface area contributed by atoms with Crippen LogP contribution in [0.3, 0.4) is 0 Å². The third kappa shape index (κ3) is 3.62. The maximum Gasteiger partial charge on any atom is 0.204 e. The van der Waals surface area contributed by atoms with Crippen LogP contribution in [0.4, 0.5) is 0 Å². The van der Waals surface area contributed by atoms with Crippen molar-refractivity contribution in [3.63, 3.8) is 0 Å². The Balaban J connectivity index is 2.10. The molecule has 0 amide bonds. The van der Waals surface area contributed by atoms with Crippen LogP contribution in [0, 0.1) is 0 Å². The number of benzene rings is 2. The molecule has 2 heterocycles. The minimum Gasteiger partial charge on any atom is -0.496 e. The molecule has 1 aliphatic heterocycles. The fourth-order valence-electron chi connectivity index (χ4n) is 4.25. The van der Waals surface area contributed by atoms with Crippen LogP contribution in [0.5, 0.6) is 23.0 Å². The smallest absolute Gasteiger partial charge is 0.204 e. The van der Waals surface area contributed by atoms with Crippen molar-refractivity contribution in [3.05, 3.63) is 34.0 Å². The van der Waals surface area contributed by atoms with E-state index in [1.54, 1.807) is 0 Å². The normalized spacial score (nSPS) is 24.9. The molecule has 5 atom stereocenters. The standard InChI is InChI=1S/C23H26O11/c1-29-11-5-9-10(6-12(11)30-2)33-22-16(18(9)25)13(31-3)7-14(32-4)17(22)23-21(28)20(27)19(26)15(8-24)34-23/h5-7,15,19-21,23-24,26-28H,8H2,1-4H3/t15-,19-,20+,21-,23+/m1/s1. The van der Waals surface area contributed by atoms with Crippen molar-refractivity contribution in [2.24, 2.45) is 0 Å². The first-order chi connectivity index (χ1) is 16.3. The van der Waals surface area contributed by atoms with E-state index < -0.39 is 42.6 Å². The first-order valence-corrected chi connectivity index (χ1v) is 10.4. The highest BCUT2D eigenvalue weighted by Gasteiger charge is 2.46. The molecule has 0 unspecified atom stereocenters. The van der Waals surface area contributed by atoms with Gasteiger partial charge in [0.15, 0.2) is 17.1 Å². The van der Waals surface area contributed by atoms with Gasteiger partial charge in [0.2, 0.25) is 5.43 Å². The average molecular weight is 478 g/mol. The number of aliphatic hydroxyl groups excluding tert-OH is 4. The van der Waals surface area contributed by atoms with E-state index in [1.807, 2.05) is 0 Å². The van der Waals surface area contributed by atoms with Crippen LogP contribution < -0.4 is 24.4 Å². The fourth-order valence-corrected chi connectivity index (χ4v) is 4.25. The zero-order valence-corrected chi connectivity index (χ0v) is 19.0. The predicted octanol–water partition coefficient (Wildman–Crippen LogP) is 0.495. The number of methoxy groups -OCH3 is 4. The number of aliphatic hydroxyl groups is 4. The lowest BCUT2D eigenvalue weighted by molar-refractivity contribution is -0.231. The molecule has 1 fully saturated rings. The van der Waals surface area contributed by atoms with E-state index in [0.29, 0.717) is 11.5 Å². The number of ether oxygens (including phenoxy) is 5. The Morgan fingerprint density at radius 2 is 1.44 bits per heavy atom. The predicted molar refractivity (Wildman–Crippen MR) is 119 cm³/mol. The molecule has 2 aromatic carbocycles. The summed E-state index contributed by atoms with van der Waals surface area (Å²) < 4.78 is 33.4. The zero-order valence-electron chi connectivity index (χ0n) is 19.0. The van der Waals surface area contributed by atoms with Gasteiger partial charge in [-0.15, -0.1) is 0 Å². The summed E-state index contributed by atoms with van der Waals surface area (Å²) in [6, 6.07) is 4.40. The van der Waals surface area contributed by atoms with Gasteiger partial charge in [-0.05, 0) is 6.07 Å². The summed E-state index contributed by atoms with van der Waals surface area (Å²) in [6.07, 6.45) is -7.33. The number of rotatable bonds is 6. The Hall–Kier alpha value is -3.09. The minimum absolute atomic E-state index is 0.0229. The highest BCUT2D eigenvalue weighted by atomic mass is 16.5. The Kier molecular flexibility index (Phi) is 6.56. The monoisotopic (exact) mass is 478 g/mol. The summed E-state index contributed by atoms with van der Waals surface area (Å²) in [6.45, 7) is -0.623. The Labute approximate surface area is 193 Å². The van der Waals surface area contributed by atoms with Gasteiger partial charge in [0, 0.05) is 12.1 Å². The molecule has 0 radical (unpaired) electrons. The van der Waals surface area contributed by atoms with E-state index in [2.05, 4.69) is 0 Å². The molecule has 3 aromatic rings. The topological polar surface area (TPSA) is 157 Å². The van der Waals surface area contributed by atoms with E-state index >= 15 is 0 Å². The molecule has 11 heteroatoms. The van der Waals surface area contributed by atoms with Gasteiger partial charge >= 0.3 is 0 Å². The molecule has 4 rings (SSSR count). The van der Waals surface area contributed by atoms with Gasteiger partial charge in [-0.25, -0.2) is 0 Å². The van der Waals surface area contributed by atoms with E-state index in [1.165, 1.54) is 46.6 Å². The van der Waals surface area contributed by atoms with Gasteiger partial charge in [0.05, 0.1) is 46.0 Å². The first kappa shape index (κ1) is 24.0. The lowest BCUT2D eigenvalue weighted by atomic mass is 9.89. The van der Waals surface area contributed by atoms with E-state index in [4.69, 9.17) is 28.1 Å². The van der Waals surface area contributed by atoms with Gasteiger partial charge < -0.3 is 48.5 Å². The molecule has 1 aromatic heterocycles. The Bertz CT molecular complexity index is 1270. The van der Waals surface area contributed by atoms with Crippen molar-refractivity contribution in [2.45, 2.75) is 30.5 Å². The molecule has 4 N–H and O–H groups in total. The van der Waals surface area contributed by atoms with Crippen LogP contribution >= 0.6 is 0 Å². The molecule has 0 bridgehead atoms. The van der Waals surface area contributed by atoms with Gasteiger partial charge in [0.25, 0.3) is 0 Å². The average Bonchev–Trinajstić information content (AvgIpc) is 2.86. The van der Waals surface area contributed by atoms with Crippen molar-refractivity contribution in [2.75, 3.05) is 35.0 Å². The number of hydrogen-bond acceptors (Lipinski definition) is 11. The quantitative estimate of drug-likeness (QED) is 0.366.